The first-order valence-electron chi connectivity index (χ1n) is 5.46. The highest BCUT2D eigenvalue weighted by Crippen LogP contribution is 2.16. The number of fused-ring (bicyclic) bond motifs is 1. The molecule has 1 atom stereocenters. The molecule has 0 spiro atoms. The molecule has 1 aliphatic heterocycles. The van der Waals surface area contributed by atoms with Crippen molar-refractivity contribution in [1.82, 2.24) is 10.6 Å². The van der Waals surface area contributed by atoms with Crippen molar-refractivity contribution in [3.8, 4) is 0 Å². The van der Waals surface area contributed by atoms with E-state index in [1.165, 1.54) is 5.56 Å². The molecule has 98 valence electrons. The van der Waals surface area contributed by atoms with Crippen LogP contribution in [0.4, 0.5) is 0 Å². The quantitative estimate of drug-likeness (QED) is 0.739. The van der Waals surface area contributed by atoms with Gasteiger partial charge in [0.1, 0.15) is 6.54 Å². The molecule has 1 aromatic rings. The highest BCUT2D eigenvalue weighted by Gasteiger charge is 2.23. The molecule has 0 saturated carbocycles. The van der Waals surface area contributed by atoms with Crippen LogP contribution in [0, 0.1) is 0 Å². The molecule has 6 heteroatoms. The second-order valence-corrected chi connectivity index (χ2v) is 4.02. The van der Waals surface area contributed by atoms with Crippen LogP contribution >= 0.6 is 12.4 Å². The number of aliphatic carboxylic acids is 1. The van der Waals surface area contributed by atoms with Crippen molar-refractivity contribution in [3.63, 3.8) is 0 Å². The summed E-state index contributed by atoms with van der Waals surface area (Å²) in [6.45, 7) is 0.306. The van der Waals surface area contributed by atoms with Crippen LogP contribution in [0.15, 0.2) is 24.3 Å². The third-order valence-corrected chi connectivity index (χ3v) is 2.81. The van der Waals surface area contributed by atoms with E-state index < -0.39 is 5.97 Å². The molecule has 0 aliphatic carbocycles. The van der Waals surface area contributed by atoms with Crippen LogP contribution in [0.1, 0.15) is 11.1 Å². The molecule has 5 nitrogen and oxygen atoms in total. The van der Waals surface area contributed by atoms with Gasteiger partial charge in [0, 0.05) is 6.54 Å². The van der Waals surface area contributed by atoms with Gasteiger partial charge in [-0.3, -0.25) is 9.59 Å². The van der Waals surface area contributed by atoms with E-state index in [9.17, 15) is 9.59 Å². The van der Waals surface area contributed by atoms with Crippen molar-refractivity contribution in [2.75, 3.05) is 6.54 Å². The zero-order chi connectivity index (χ0) is 12.3. The minimum atomic E-state index is -1.03. The Kier molecular flexibility index (Phi) is 5.12. The van der Waals surface area contributed by atoms with Gasteiger partial charge >= 0.3 is 5.97 Å². The lowest BCUT2D eigenvalue weighted by Crippen LogP contribution is -2.48. The summed E-state index contributed by atoms with van der Waals surface area (Å²) in [4.78, 5) is 22.0. The van der Waals surface area contributed by atoms with E-state index in [0.29, 0.717) is 13.0 Å². The summed E-state index contributed by atoms with van der Waals surface area (Å²) in [6.07, 6.45) is 0.599. The van der Waals surface area contributed by atoms with E-state index >= 15 is 0 Å². The summed E-state index contributed by atoms with van der Waals surface area (Å²) in [5, 5.41) is 14.0. The van der Waals surface area contributed by atoms with Crippen LogP contribution in [0.3, 0.4) is 0 Å². The Morgan fingerprint density at radius 1 is 1.33 bits per heavy atom. The fraction of sp³-hybridized carbons (Fsp3) is 0.333. The van der Waals surface area contributed by atoms with Crippen molar-refractivity contribution in [2.45, 2.75) is 19.0 Å². The fourth-order valence-corrected chi connectivity index (χ4v) is 1.93. The van der Waals surface area contributed by atoms with Crippen molar-refractivity contribution in [3.05, 3.63) is 35.4 Å². The number of carbonyl (C=O) groups excluding carboxylic acids is 1. The SMILES string of the molecule is Cl.O=C(O)CNC(=O)[C@@H]1Cc2ccccc2CN1. The maximum Gasteiger partial charge on any atom is 0.322 e. The number of benzene rings is 1. The van der Waals surface area contributed by atoms with Crippen LogP contribution in [0.25, 0.3) is 0 Å². The summed E-state index contributed by atoms with van der Waals surface area (Å²) in [6, 6.07) is 7.58. The molecule has 0 aromatic heterocycles. The number of carbonyl (C=O) groups is 2. The van der Waals surface area contributed by atoms with Gasteiger partial charge in [0.05, 0.1) is 6.04 Å². The largest absolute Gasteiger partial charge is 0.480 e. The summed E-state index contributed by atoms with van der Waals surface area (Å²) in [5.41, 5.74) is 2.33. The molecule has 18 heavy (non-hydrogen) atoms. The Bertz CT molecular complexity index is 451. The maximum atomic E-state index is 11.7. The summed E-state index contributed by atoms with van der Waals surface area (Å²) >= 11 is 0. The molecular formula is C12H15ClN2O3. The maximum absolute atomic E-state index is 11.7. The number of rotatable bonds is 3. The number of amides is 1. The minimum Gasteiger partial charge on any atom is -0.480 e. The third-order valence-electron chi connectivity index (χ3n) is 2.81. The summed E-state index contributed by atoms with van der Waals surface area (Å²) in [7, 11) is 0. The Morgan fingerprint density at radius 2 is 2.00 bits per heavy atom. The van der Waals surface area contributed by atoms with Crippen LogP contribution in [0.2, 0.25) is 0 Å². The molecule has 0 bridgehead atoms. The first kappa shape index (κ1) is 14.5. The molecule has 0 fully saturated rings. The third kappa shape index (κ3) is 3.45. The van der Waals surface area contributed by atoms with Crippen molar-refractivity contribution >= 4 is 24.3 Å². The van der Waals surface area contributed by atoms with Crippen LogP contribution in [0.5, 0.6) is 0 Å². The Hall–Kier alpha value is -1.59. The van der Waals surface area contributed by atoms with Gasteiger partial charge < -0.3 is 15.7 Å². The smallest absolute Gasteiger partial charge is 0.322 e. The van der Waals surface area contributed by atoms with Gasteiger partial charge in [0.2, 0.25) is 5.91 Å². The molecule has 1 amide bonds. The van der Waals surface area contributed by atoms with Gasteiger partial charge in [0.15, 0.2) is 0 Å². The lowest BCUT2D eigenvalue weighted by Gasteiger charge is -2.25. The van der Waals surface area contributed by atoms with Crippen molar-refractivity contribution in [2.24, 2.45) is 0 Å². The average molecular weight is 271 g/mol. The molecular weight excluding hydrogens is 256 g/mol. The highest BCUT2D eigenvalue weighted by atomic mass is 35.5. The lowest BCUT2D eigenvalue weighted by atomic mass is 9.95. The topological polar surface area (TPSA) is 78.4 Å². The molecule has 1 aromatic carbocycles. The zero-order valence-corrected chi connectivity index (χ0v) is 10.5. The minimum absolute atomic E-state index is 0. The second-order valence-electron chi connectivity index (χ2n) is 4.02. The predicted molar refractivity (Wildman–Crippen MR) is 68.7 cm³/mol. The highest BCUT2D eigenvalue weighted by molar-refractivity contribution is 5.86. The average Bonchev–Trinajstić information content (AvgIpc) is 2.35. The van der Waals surface area contributed by atoms with E-state index in [2.05, 4.69) is 10.6 Å². The van der Waals surface area contributed by atoms with E-state index in [0.717, 1.165) is 5.56 Å². The van der Waals surface area contributed by atoms with Gasteiger partial charge in [-0.1, -0.05) is 24.3 Å². The van der Waals surface area contributed by atoms with Gasteiger partial charge in [0.25, 0.3) is 0 Å². The zero-order valence-electron chi connectivity index (χ0n) is 9.68. The van der Waals surface area contributed by atoms with Crippen molar-refractivity contribution < 1.29 is 14.7 Å². The summed E-state index contributed by atoms with van der Waals surface area (Å²) < 4.78 is 0. The van der Waals surface area contributed by atoms with Crippen LogP contribution < -0.4 is 10.6 Å². The predicted octanol–water partition coefficient (Wildman–Crippen LogP) is 0.323. The molecule has 1 aliphatic rings. The normalized spacial score (nSPS) is 17.2. The number of carboxylic acid groups (broad SMARTS) is 1. The fourth-order valence-electron chi connectivity index (χ4n) is 1.93. The monoisotopic (exact) mass is 270 g/mol. The molecule has 0 saturated heterocycles. The number of nitrogens with one attached hydrogen (secondary N) is 2. The van der Waals surface area contributed by atoms with Gasteiger partial charge in [-0.25, -0.2) is 0 Å². The molecule has 0 radical (unpaired) electrons. The Balaban J connectivity index is 0.00000162. The molecule has 3 N–H and O–H groups in total. The Labute approximate surface area is 111 Å². The van der Waals surface area contributed by atoms with E-state index in [1.54, 1.807) is 0 Å². The van der Waals surface area contributed by atoms with Gasteiger partial charge in [-0.05, 0) is 17.5 Å². The Morgan fingerprint density at radius 3 is 2.67 bits per heavy atom. The number of halogens is 1. The van der Waals surface area contributed by atoms with E-state index in [-0.39, 0.29) is 30.9 Å². The number of carboxylic acids is 1. The molecule has 2 rings (SSSR count). The first-order valence-corrected chi connectivity index (χ1v) is 5.46. The lowest BCUT2D eigenvalue weighted by molar-refractivity contribution is -0.138. The standard InChI is InChI=1S/C12H14N2O3.ClH/c15-11(16)7-14-12(17)10-5-8-3-1-2-4-9(8)6-13-10;/h1-4,10,13H,5-7H2,(H,14,17)(H,15,16);1H/t10-;/m0./s1. The van der Waals surface area contributed by atoms with E-state index in [4.69, 9.17) is 5.11 Å². The molecule has 1 heterocycles. The van der Waals surface area contributed by atoms with Crippen LogP contribution in [-0.4, -0.2) is 29.6 Å². The van der Waals surface area contributed by atoms with E-state index in [1.807, 2.05) is 24.3 Å². The number of hydrogen-bond donors (Lipinski definition) is 3. The molecule has 0 unspecified atom stereocenters. The van der Waals surface area contributed by atoms with Gasteiger partial charge in [-0.15, -0.1) is 12.4 Å². The van der Waals surface area contributed by atoms with Crippen molar-refractivity contribution in [1.29, 1.82) is 0 Å². The number of hydrogen-bond acceptors (Lipinski definition) is 3. The first-order chi connectivity index (χ1) is 8.16. The van der Waals surface area contributed by atoms with Gasteiger partial charge in [-0.2, -0.15) is 0 Å². The second kappa shape index (κ2) is 6.37. The summed E-state index contributed by atoms with van der Waals surface area (Å²) in [5.74, 6) is -1.29. The van der Waals surface area contributed by atoms with Crippen LogP contribution in [-0.2, 0) is 22.6 Å².